The third kappa shape index (κ3) is 5.34. The Morgan fingerprint density at radius 3 is 2.70 bits per heavy atom. The van der Waals surface area contributed by atoms with E-state index in [0.717, 1.165) is 11.1 Å². The zero-order valence-electron chi connectivity index (χ0n) is 15.4. The summed E-state index contributed by atoms with van der Waals surface area (Å²) in [5.74, 6) is 0.567. The predicted molar refractivity (Wildman–Crippen MR) is 106 cm³/mol. The van der Waals surface area contributed by atoms with Crippen molar-refractivity contribution in [2.75, 3.05) is 13.7 Å². The molecule has 0 atom stereocenters. The lowest BCUT2D eigenvalue weighted by Gasteiger charge is -2.17. The summed E-state index contributed by atoms with van der Waals surface area (Å²) >= 11 is 5.93. The van der Waals surface area contributed by atoms with E-state index in [9.17, 15) is 4.79 Å². The smallest absolute Gasteiger partial charge is 0.260 e. The van der Waals surface area contributed by atoms with E-state index in [-0.39, 0.29) is 12.5 Å². The molecular weight excluding hydrogens is 362 g/mol. The van der Waals surface area contributed by atoms with Crippen molar-refractivity contribution in [1.82, 2.24) is 14.7 Å². The van der Waals surface area contributed by atoms with E-state index in [4.69, 9.17) is 16.3 Å². The molecule has 0 saturated heterocycles. The molecule has 0 unspecified atom stereocenters. The molecule has 140 valence electrons. The molecule has 2 aromatic carbocycles. The number of benzene rings is 2. The van der Waals surface area contributed by atoms with Gasteiger partial charge in [0, 0.05) is 30.4 Å². The van der Waals surface area contributed by atoms with Crippen LogP contribution < -0.4 is 4.74 Å². The highest BCUT2D eigenvalue weighted by Gasteiger charge is 2.12. The second-order valence-electron chi connectivity index (χ2n) is 6.48. The normalized spacial score (nSPS) is 10.6. The maximum atomic E-state index is 12.3. The largest absolute Gasteiger partial charge is 0.483 e. The molecule has 5 nitrogen and oxygen atoms in total. The van der Waals surface area contributed by atoms with E-state index in [2.05, 4.69) is 17.2 Å². The van der Waals surface area contributed by atoms with Crippen LogP contribution in [0.4, 0.5) is 0 Å². The number of rotatable bonds is 7. The van der Waals surface area contributed by atoms with Crippen molar-refractivity contribution in [1.29, 1.82) is 0 Å². The highest BCUT2D eigenvalue weighted by Crippen LogP contribution is 2.21. The van der Waals surface area contributed by atoms with Gasteiger partial charge in [0.2, 0.25) is 0 Å². The van der Waals surface area contributed by atoms with Crippen molar-refractivity contribution in [3.05, 3.63) is 82.6 Å². The average Bonchev–Trinajstić information content (AvgIpc) is 3.08. The summed E-state index contributed by atoms with van der Waals surface area (Å²) in [6.45, 7) is 3.07. The molecule has 0 saturated carbocycles. The minimum atomic E-state index is -0.0971. The Morgan fingerprint density at radius 2 is 1.96 bits per heavy atom. The molecule has 3 rings (SSSR count). The summed E-state index contributed by atoms with van der Waals surface area (Å²) in [6.07, 6.45) is 3.75. The zero-order valence-corrected chi connectivity index (χ0v) is 16.2. The van der Waals surface area contributed by atoms with Gasteiger partial charge in [-0.05, 0) is 36.2 Å². The van der Waals surface area contributed by atoms with Gasteiger partial charge in [-0.2, -0.15) is 5.10 Å². The maximum absolute atomic E-state index is 12.3. The van der Waals surface area contributed by atoms with Gasteiger partial charge in [-0.1, -0.05) is 41.9 Å². The number of aryl methyl sites for hydroxylation is 1. The maximum Gasteiger partial charge on any atom is 0.260 e. The molecule has 0 aliphatic carbocycles. The second kappa shape index (κ2) is 8.73. The van der Waals surface area contributed by atoms with E-state index in [1.165, 1.54) is 5.56 Å². The number of likely N-dealkylation sites (N-methyl/N-ethyl adjacent to an activating group) is 1. The number of amides is 1. The summed E-state index contributed by atoms with van der Waals surface area (Å²) in [6, 6.07) is 15.5. The van der Waals surface area contributed by atoms with Gasteiger partial charge < -0.3 is 9.64 Å². The van der Waals surface area contributed by atoms with E-state index < -0.39 is 0 Å². The summed E-state index contributed by atoms with van der Waals surface area (Å²) in [7, 11) is 1.76. The Hall–Kier alpha value is -2.79. The number of nitrogens with zero attached hydrogens (tertiary/aromatic N) is 3. The van der Waals surface area contributed by atoms with Crippen molar-refractivity contribution in [3.63, 3.8) is 0 Å². The number of halogens is 1. The Bertz CT molecular complexity index is 909. The lowest BCUT2D eigenvalue weighted by atomic mass is 10.2. The summed E-state index contributed by atoms with van der Waals surface area (Å²) in [5, 5.41) is 5.02. The minimum absolute atomic E-state index is 0.0167. The fourth-order valence-corrected chi connectivity index (χ4v) is 2.96. The predicted octanol–water partition coefficient (Wildman–Crippen LogP) is 3.93. The van der Waals surface area contributed by atoms with Crippen LogP contribution in [-0.4, -0.2) is 34.2 Å². The molecule has 3 aromatic rings. The van der Waals surface area contributed by atoms with Gasteiger partial charge in [0.15, 0.2) is 6.61 Å². The van der Waals surface area contributed by atoms with Crippen molar-refractivity contribution in [2.24, 2.45) is 0 Å². The van der Waals surface area contributed by atoms with Crippen LogP contribution in [0.25, 0.3) is 0 Å². The van der Waals surface area contributed by atoms with E-state index in [0.29, 0.717) is 23.9 Å². The Morgan fingerprint density at radius 1 is 1.19 bits per heavy atom. The molecule has 1 aromatic heterocycles. The molecule has 0 bridgehead atoms. The lowest BCUT2D eigenvalue weighted by molar-refractivity contribution is -0.132. The first kappa shape index (κ1) is 19.0. The summed E-state index contributed by atoms with van der Waals surface area (Å²) in [5.41, 5.74) is 3.06. The first-order chi connectivity index (χ1) is 13.0. The molecule has 0 aliphatic heterocycles. The van der Waals surface area contributed by atoms with Gasteiger partial charge in [0.25, 0.3) is 5.91 Å². The molecule has 0 aliphatic rings. The highest BCUT2D eigenvalue weighted by atomic mass is 35.5. The number of hydrogen-bond acceptors (Lipinski definition) is 3. The second-order valence-corrected chi connectivity index (χ2v) is 6.92. The minimum Gasteiger partial charge on any atom is -0.483 e. The first-order valence-corrected chi connectivity index (χ1v) is 9.07. The van der Waals surface area contributed by atoms with Gasteiger partial charge in [0.1, 0.15) is 5.75 Å². The van der Waals surface area contributed by atoms with Crippen LogP contribution in [0.15, 0.2) is 60.9 Å². The van der Waals surface area contributed by atoms with Gasteiger partial charge in [0.05, 0.1) is 12.7 Å². The van der Waals surface area contributed by atoms with Crippen molar-refractivity contribution >= 4 is 17.5 Å². The fraction of sp³-hybridized carbons (Fsp3) is 0.238. The van der Waals surface area contributed by atoms with Gasteiger partial charge in [-0.3, -0.25) is 9.48 Å². The average molecular weight is 384 g/mol. The van der Waals surface area contributed by atoms with Crippen molar-refractivity contribution < 1.29 is 9.53 Å². The first-order valence-electron chi connectivity index (χ1n) is 8.69. The van der Waals surface area contributed by atoms with E-state index in [1.807, 2.05) is 42.1 Å². The number of carbonyl (C=O) groups is 1. The number of hydrogen-bond donors (Lipinski definition) is 0. The summed E-state index contributed by atoms with van der Waals surface area (Å²) < 4.78 is 7.50. The number of ether oxygens (including phenoxy) is 1. The van der Waals surface area contributed by atoms with Crippen LogP contribution >= 0.6 is 11.6 Å². The lowest BCUT2D eigenvalue weighted by Crippen LogP contribution is -2.30. The molecule has 0 spiro atoms. The van der Waals surface area contributed by atoms with Crippen LogP contribution in [0, 0.1) is 6.92 Å². The molecule has 0 N–H and O–H groups in total. The zero-order chi connectivity index (χ0) is 19.2. The molecular formula is C21H22ClN3O2. The van der Waals surface area contributed by atoms with Crippen LogP contribution in [0.5, 0.6) is 5.75 Å². The third-order valence-corrected chi connectivity index (χ3v) is 4.44. The topological polar surface area (TPSA) is 47.4 Å². The highest BCUT2D eigenvalue weighted by molar-refractivity contribution is 6.30. The van der Waals surface area contributed by atoms with Crippen LogP contribution in [-0.2, 0) is 17.9 Å². The van der Waals surface area contributed by atoms with Crippen LogP contribution in [0.2, 0.25) is 5.02 Å². The molecule has 6 heteroatoms. The number of carbonyl (C=O) groups excluding carboxylic acids is 1. The van der Waals surface area contributed by atoms with E-state index in [1.54, 1.807) is 30.3 Å². The van der Waals surface area contributed by atoms with Gasteiger partial charge in [-0.15, -0.1) is 0 Å². The van der Waals surface area contributed by atoms with Gasteiger partial charge >= 0.3 is 0 Å². The molecule has 0 radical (unpaired) electrons. The Balaban J connectivity index is 1.52. The van der Waals surface area contributed by atoms with Gasteiger partial charge in [-0.25, -0.2) is 0 Å². The molecule has 0 fully saturated rings. The quantitative estimate of drug-likeness (QED) is 0.621. The Kier molecular flexibility index (Phi) is 6.14. The number of aromatic nitrogens is 2. The Labute approximate surface area is 164 Å². The SMILES string of the molecule is Cc1cc(Cl)ccc1OCC(=O)N(C)Cc1cnn(Cc2ccccc2)c1. The third-order valence-electron chi connectivity index (χ3n) is 4.21. The van der Waals surface area contributed by atoms with Crippen molar-refractivity contribution in [2.45, 2.75) is 20.0 Å². The molecule has 1 heterocycles. The van der Waals surface area contributed by atoms with E-state index >= 15 is 0 Å². The monoisotopic (exact) mass is 383 g/mol. The molecule has 27 heavy (non-hydrogen) atoms. The standard InChI is InChI=1S/C21H22ClN3O2/c1-16-10-19(22)8-9-20(16)27-15-21(26)24(2)12-18-11-23-25(14-18)13-17-6-4-3-5-7-17/h3-11,14H,12-13,15H2,1-2H3. The van der Waals surface area contributed by atoms with Crippen molar-refractivity contribution in [3.8, 4) is 5.75 Å². The molecule has 1 amide bonds. The van der Waals surface area contributed by atoms with Crippen LogP contribution in [0.1, 0.15) is 16.7 Å². The van der Waals surface area contributed by atoms with Crippen LogP contribution in [0.3, 0.4) is 0 Å². The fourth-order valence-electron chi connectivity index (χ4n) is 2.73. The summed E-state index contributed by atoms with van der Waals surface area (Å²) in [4.78, 5) is 14.0.